The second-order valence-electron chi connectivity index (χ2n) is 5.85. The zero-order chi connectivity index (χ0) is 16.1. The highest BCUT2D eigenvalue weighted by Gasteiger charge is 2.17. The fourth-order valence-electron chi connectivity index (χ4n) is 2.77. The van der Waals surface area contributed by atoms with Crippen molar-refractivity contribution in [1.82, 2.24) is 20.3 Å². The zero-order valence-electron chi connectivity index (χ0n) is 13.2. The van der Waals surface area contributed by atoms with Crippen LogP contribution in [0.25, 0.3) is 0 Å². The van der Waals surface area contributed by atoms with E-state index in [-0.39, 0.29) is 5.91 Å². The molecule has 0 aliphatic heterocycles. The van der Waals surface area contributed by atoms with Crippen LogP contribution >= 0.6 is 0 Å². The SMILES string of the molecule is Cc1cc(C(=O)NCc2ccccn2)nc(NC2CCCC2)n1. The number of carbonyl (C=O) groups excluding carboxylic acids is 1. The molecule has 0 radical (unpaired) electrons. The third kappa shape index (κ3) is 4.25. The van der Waals surface area contributed by atoms with Crippen molar-refractivity contribution < 1.29 is 4.79 Å². The summed E-state index contributed by atoms with van der Waals surface area (Å²) in [5.74, 6) is 0.329. The second kappa shape index (κ2) is 7.17. The topological polar surface area (TPSA) is 79.8 Å². The summed E-state index contributed by atoms with van der Waals surface area (Å²) in [4.78, 5) is 25.2. The Labute approximate surface area is 135 Å². The Morgan fingerprint density at radius 1 is 1.26 bits per heavy atom. The minimum absolute atomic E-state index is 0.212. The predicted molar refractivity (Wildman–Crippen MR) is 88.1 cm³/mol. The third-order valence-corrected chi connectivity index (χ3v) is 3.93. The van der Waals surface area contributed by atoms with E-state index < -0.39 is 0 Å². The number of nitrogens with zero attached hydrogens (tertiary/aromatic N) is 3. The van der Waals surface area contributed by atoms with Gasteiger partial charge in [0.2, 0.25) is 5.95 Å². The number of aryl methyl sites for hydroxylation is 1. The van der Waals surface area contributed by atoms with E-state index in [1.165, 1.54) is 12.8 Å². The molecule has 2 N–H and O–H groups in total. The van der Waals surface area contributed by atoms with E-state index in [2.05, 4.69) is 25.6 Å². The predicted octanol–water partition coefficient (Wildman–Crippen LogP) is 2.46. The van der Waals surface area contributed by atoms with E-state index >= 15 is 0 Å². The minimum Gasteiger partial charge on any atom is -0.351 e. The van der Waals surface area contributed by atoms with Crippen molar-refractivity contribution in [3.8, 4) is 0 Å². The van der Waals surface area contributed by atoms with Gasteiger partial charge in [-0.15, -0.1) is 0 Å². The third-order valence-electron chi connectivity index (χ3n) is 3.93. The Kier molecular flexibility index (Phi) is 4.80. The molecule has 0 spiro atoms. The van der Waals surface area contributed by atoms with Gasteiger partial charge < -0.3 is 10.6 Å². The van der Waals surface area contributed by atoms with Gasteiger partial charge in [-0.2, -0.15) is 0 Å². The van der Waals surface area contributed by atoms with E-state index in [4.69, 9.17) is 0 Å². The van der Waals surface area contributed by atoms with Crippen LogP contribution in [0.1, 0.15) is 47.6 Å². The molecule has 120 valence electrons. The van der Waals surface area contributed by atoms with Crippen molar-refractivity contribution in [1.29, 1.82) is 0 Å². The molecule has 0 aromatic carbocycles. The first-order chi connectivity index (χ1) is 11.2. The molecule has 6 heteroatoms. The van der Waals surface area contributed by atoms with Crippen LogP contribution in [0.15, 0.2) is 30.5 Å². The van der Waals surface area contributed by atoms with Gasteiger partial charge in [0.05, 0.1) is 12.2 Å². The molecule has 1 saturated carbocycles. The molecule has 0 bridgehead atoms. The first-order valence-corrected chi connectivity index (χ1v) is 8.01. The number of pyridine rings is 1. The van der Waals surface area contributed by atoms with Gasteiger partial charge in [0.15, 0.2) is 0 Å². The summed E-state index contributed by atoms with van der Waals surface area (Å²) in [7, 11) is 0. The maximum Gasteiger partial charge on any atom is 0.270 e. The molecule has 1 fully saturated rings. The lowest BCUT2D eigenvalue weighted by atomic mass is 10.2. The summed E-state index contributed by atoms with van der Waals surface area (Å²) < 4.78 is 0. The Hall–Kier alpha value is -2.50. The Morgan fingerprint density at radius 2 is 2.09 bits per heavy atom. The quantitative estimate of drug-likeness (QED) is 0.886. The van der Waals surface area contributed by atoms with Crippen LogP contribution in [0.3, 0.4) is 0 Å². The molecular formula is C17H21N5O. The van der Waals surface area contributed by atoms with Crippen molar-refractivity contribution >= 4 is 11.9 Å². The van der Waals surface area contributed by atoms with Crippen LogP contribution in [-0.2, 0) is 6.54 Å². The molecular weight excluding hydrogens is 290 g/mol. The molecule has 1 amide bonds. The molecule has 1 aliphatic rings. The van der Waals surface area contributed by atoms with Crippen molar-refractivity contribution in [2.45, 2.75) is 45.2 Å². The summed E-state index contributed by atoms with van der Waals surface area (Å²) in [5, 5.41) is 6.18. The van der Waals surface area contributed by atoms with Crippen LogP contribution in [0.2, 0.25) is 0 Å². The standard InChI is InChI=1S/C17H21N5O/c1-12-10-15(16(23)19-11-14-8-4-5-9-18-14)22-17(20-12)21-13-6-2-3-7-13/h4-5,8-10,13H,2-3,6-7,11H2,1H3,(H,19,23)(H,20,21,22). The van der Waals surface area contributed by atoms with Crippen molar-refractivity contribution in [3.05, 3.63) is 47.5 Å². The molecule has 3 rings (SSSR count). The summed E-state index contributed by atoms with van der Waals surface area (Å²) in [5.41, 5.74) is 1.98. The average molecular weight is 311 g/mol. The lowest BCUT2D eigenvalue weighted by Crippen LogP contribution is -2.25. The lowest BCUT2D eigenvalue weighted by Gasteiger charge is -2.13. The monoisotopic (exact) mass is 311 g/mol. The summed E-state index contributed by atoms with van der Waals surface area (Å²) >= 11 is 0. The molecule has 0 unspecified atom stereocenters. The number of anilines is 1. The maximum atomic E-state index is 12.3. The molecule has 0 atom stereocenters. The number of aromatic nitrogens is 3. The molecule has 0 saturated heterocycles. The Balaban J connectivity index is 1.66. The zero-order valence-corrected chi connectivity index (χ0v) is 13.2. The first kappa shape index (κ1) is 15.4. The summed E-state index contributed by atoms with van der Waals surface area (Å²) in [6.45, 7) is 2.26. The van der Waals surface area contributed by atoms with Gasteiger partial charge in [-0.25, -0.2) is 9.97 Å². The van der Waals surface area contributed by atoms with Crippen LogP contribution in [0.4, 0.5) is 5.95 Å². The van der Waals surface area contributed by atoms with Gasteiger partial charge in [-0.3, -0.25) is 9.78 Å². The second-order valence-corrected chi connectivity index (χ2v) is 5.85. The number of nitrogens with one attached hydrogen (secondary N) is 2. The lowest BCUT2D eigenvalue weighted by molar-refractivity contribution is 0.0945. The van der Waals surface area contributed by atoms with E-state index in [9.17, 15) is 4.79 Å². The molecule has 6 nitrogen and oxygen atoms in total. The average Bonchev–Trinajstić information content (AvgIpc) is 3.06. The van der Waals surface area contributed by atoms with E-state index in [0.29, 0.717) is 24.2 Å². The summed E-state index contributed by atoms with van der Waals surface area (Å²) in [6, 6.07) is 7.74. The molecule has 2 aromatic rings. The normalized spacial score (nSPS) is 14.7. The largest absolute Gasteiger partial charge is 0.351 e. The van der Waals surface area contributed by atoms with Gasteiger partial charge >= 0.3 is 0 Å². The van der Waals surface area contributed by atoms with Gasteiger partial charge in [0.25, 0.3) is 5.91 Å². The van der Waals surface area contributed by atoms with Crippen LogP contribution in [-0.4, -0.2) is 26.9 Å². The van der Waals surface area contributed by atoms with E-state index in [1.807, 2.05) is 25.1 Å². The number of rotatable bonds is 5. The highest BCUT2D eigenvalue weighted by atomic mass is 16.1. The fourth-order valence-corrected chi connectivity index (χ4v) is 2.77. The Bertz CT molecular complexity index is 668. The van der Waals surface area contributed by atoms with Crippen LogP contribution < -0.4 is 10.6 Å². The van der Waals surface area contributed by atoms with Crippen molar-refractivity contribution in [2.75, 3.05) is 5.32 Å². The maximum absolute atomic E-state index is 12.3. The van der Waals surface area contributed by atoms with Crippen LogP contribution in [0, 0.1) is 6.92 Å². The minimum atomic E-state index is -0.212. The van der Waals surface area contributed by atoms with Gasteiger partial charge in [-0.05, 0) is 38.0 Å². The molecule has 23 heavy (non-hydrogen) atoms. The number of hydrogen-bond donors (Lipinski definition) is 2. The first-order valence-electron chi connectivity index (χ1n) is 8.01. The van der Waals surface area contributed by atoms with E-state index in [0.717, 1.165) is 24.2 Å². The number of hydrogen-bond acceptors (Lipinski definition) is 5. The number of amides is 1. The highest BCUT2D eigenvalue weighted by Crippen LogP contribution is 2.21. The smallest absolute Gasteiger partial charge is 0.270 e. The summed E-state index contributed by atoms with van der Waals surface area (Å²) in [6.07, 6.45) is 6.46. The highest BCUT2D eigenvalue weighted by molar-refractivity contribution is 5.92. The van der Waals surface area contributed by atoms with Gasteiger partial charge in [-0.1, -0.05) is 18.9 Å². The van der Waals surface area contributed by atoms with Crippen molar-refractivity contribution in [2.24, 2.45) is 0 Å². The number of carbonyl (C=O) groups is 1. The fraction of sp³-hybridized carbons (Fsp3) is 0.412. The molecule has 1 aliphatic carbocycles. The van der Waals surface area contributed by atoms with Gasteiger partial charge in [0.1, 0.15) is 5.69 Å². The molecule has 2 aromatic heterocycles. The van der Waals surface area contributed by atoms with Crippen molar-refractivity contribution in [3.63, 3.8) is 0 Å². The van der Waals surface area contributed by atoms with E-state index in [1.54, 1.807) is 12.3 Å². The Morgan fingerprint density at radius 3 is 2.83 bits per heavy atom. The van der Waals surface area contributed by atoms with Gasteiger partial charge in [0, 0.05) is 17.9 Å². The molecule has 2 heterocycles. The van der Waals surface area contributed by atoms with Crippen LogP contribution in [0.5, 0.6) is 0 Å².